The van der Waals surface area contributed by atoms with Gasteiger partial charge in [-0.1, -0.05) is 23.7 Å². The number of methoxy groups -OCH3 is 1. The van der Waals surface area contributed by atoms with Gasteiger partial charge in [0.1, 0.15) is 22.4 Å². The lowest BCUT2D eigenvalue weighted by molar-refractivity contribution is -0.115. The number of para-hydroxylation sites is 2. The lowest BCUT2D eigenvalue weighted by Crippen LogP contribution is -2.33. The minimum Gasteiger partial charge on any atom is -0.495 e. The van der Waals surface area contributed by atoms with Crippen LogP contribution in [0.5, 0.6) is 5.75 Å². The second-order valence-electron chi connectivity index (χ2n) is 4.53. The summed E-state index contributed by atoms with van der Waals surface area (Å²) in [4.78, 5) is 14.0. The molecular formula is C15H15ClN4O2S. The fourth-order valence-electron chi connectivity index (χ4n) is 2.01. The molecular weight excluding hydrogens is 336 g/mol. The SMILES string of the molecule is CCN(CC(=O)Nc1ccccc1OC)c1snc(Cl)c1C#N. The second-order valence-corrected chi connectivity index (χ2v) is 5.64. The van der Waals surface area contributed by atoms with E-state index < -0.39 is 0 Å². The molecule has 2 aromatic rings. The first-order chi connectivity index (χ1) is 11.1. The van der Waals surface area contributed by atoms with Gasteiger partial charge >= 0.3 is 0 Å². The number of carbonyl (C=O) groups excluding carboxylic acids is 1. The Bertz CT molecular complexity index is 741. The standard InChI is InChI=1S/C15H15ClN4O2S/c1-3-20(15-10(8-17)14(16)19-23-15)9-13(21)18-11-6-4-5-7-12(11)22-2/h4-7H,3,9H2,1-2H3,(H,18,21). The third-order valence-corrected chi connectivity index (χ3v) is 4.41. The first-order valence-corrected chi connectivity index (χ1v) is 7.98. The number of aromatic nitrogens is 1. The van der Waals surface area contributed by atoms with Crippen LogP contribution >= 0.6 is 23.1 Å². The molecule has 0 saturated carbocycles. The number of halogens is 1. The molecule has 0 aliphatic heterocycles. The van der Waals surface area contributed by atoms with Gasteiger partial charge in [0, 0.05) is 6.54 Å². The van der Waals surface area contributed by atoms with E-state index in [1.165, 1.54) is 0 Å². The molecule has 1 aromatic carbocycles. The van der Waals surface area contributed by atoms with Gasteiger partial charge in [-0.3, -0.25) is 4.79 Å². The number of nitrogens with zero attached hydrogens (tertiary/aromatic N) is 3. The highest BCUT2D eigenvalue weighted by atomic mass is 35.5. The van der Waals surface area contributed by atoms with Gasteiger partial charge < -0.3 is 15.0 Å². The molecule has 0 aliphatic carbocycles. The Morgan fingerprint density at radius 1 is 1.52 bits per heavy atom. The molecule has 1 aromatic heterocycles. The van der Waals surface area contributed by atoms with Crippen LogP contribution in [0.3, 0.4) is 0 Å². The van der Waals surface area contributed by atoms with Crippen LogP contribution in [-0.2, 0) is 4.79 Å². The zero-order chi connectivity index (χ0) is 16.8. The fraction of sp³-hybridized carbons (Fsp3) is 0.267. The van der Waals surface area contributed by atoms with Gasteiger partial charge in [0.05, 0.1) is 19.3 Å². The number of likely N-dealkylation sites (N-methyl/N-ethyl adjacent to an activating group) is 1. The number of ether oxygens (including phenoxy) is 1. The predicted octanol–water partition coefficient (Wildman–Crippen LogP) is 3.14. The number of nitriles is 1. The molecule has 2 rings (SSSR count). The Balaban J connectivity index is 2.13. The van der Waals surface area contributed by atoms with Crippen molar-refractivity contribution >= 4 is 39.7 Å². The summed E-state index contributed by atoms with van der Waals surface area (Å²) in [6.07, 6.45) is 0. The summed E-state index contributed by atoms with van der Waals surface area (Å²) in [5, 5.41) is 12.7. The number of amides is 1. The molecule has 23 heavy (non-hydrogen) atoms. The highest BCUT2D eigenvalue weighted by Crippen LogP contribution is 2.31. The van der Waals surface area contributed by atoms with Gasteiger partial charge in [0.15, 0.2) is 5.15 Å². The fourth-order valence-corrected chi connectivity index (χ4v) is 3.10. The molecule has 0 saturated heterocycles. The minimum atomic E-state index is -0.218. The molecule has 1 heterocycles. The van der Waals surface area contributed by atoms with Gasteiger partial charge in [-0.25, -0.2) is 0 Å². The normalized spacial score (nSPS) is 10.0. The number of hydrogen-bond acceptors (Lipinski definition) is 6. The molecule has 0 aliphatic rings. The average Bonchev–Trinajstić information content (AvgIpc) is 2.93. The van der Waals surface area contributed by atoms with Gasteiger partial charge in [0.25, 0.3) is 0 Å². The summed E-state index contributed by atoms with van der Waals surface area (Å²) in [6, 6.07) is 9.19. The maximum Gasteiger partial charge on any atom is 0.244 e. The Morgan fingerprint density at radius 3 is 2.91 bits per heavy atom. The largest absolute Gasteiger partial charge is 0.495 e. The molecule has 0 atom stereocenters. The lowest BCUT2D eigenvalue weighted by atomic mass is 10.3. The van der Waals surface area contributed by atoms with Crippen LogP contribution in [-0.4, -0.2) is 30.5 Å². The summed E-state index contributed by atoms with van der Waals surface area (Å²) in [5.74, 6) is 0.368. The number of rotatable bonds is 6. The second kappa shape index (κ2) is 7.81. The molecule has 0 bridgehead atoms. The molecule has 1 N–H and O–H groups in total. The van der Waals surface area contributed by atoms with E-state index in [4.69, 9.17) is 21.6 Å². The van der Waals surface area contributed by atoms with Crippen molar-refractivity contribution in [3.8, 4) is 11.8 Å². The van der Waals surface area contributed by atoms with Gasteiger partial charge in [0.2, 0.25) is 5.91 Å². The zero-order valence-electron chi connectivity index (χ0n) is 12.7. The van der Waals surface area contributed by atoms with Crippen LogP contribution in [0.1, 0.15) is 12.5 Å². The van der Waals surface area contributed by atoms with Crippen molar-refractivity contribution in [1.82, 2.24) is 4.37 Å². The first kappa shape index (κ1) is 17.1. The summed E-state index contributed by atoms with van der Waals surface area (Å²) in [7, 11) is 1.54. The van der Waals surface area contributed by atoms with Gasteiger partial charge in [-0.2, -0.15) is 9.64 Å². The third kappa shape index (κ3) is 3.92. The highest BCUT2D eigenvalue weighted by Gasteiger charge is 2.19. The summed E-state index contributed by atoms with van der Waals surface area (Å²) in [5.41, 5.74) is 0.891. The molecule has 1 amide bonds. The van der Waals surface area contributed by atoms with E-state index in [2.05, 4.69) is 9.69 Å². The van der Waals surface area contributed by atoms with Crippen LogP contribution in [0.4, 0.5) is 10.7 Å². The summed E-state index contributed by atoms with van der Waals surface area (Å²) >= 11 is 6.99. The number of carbonyl (C=O) groups is 1. The van der Waals surface area contributed by atoms with Crippen molar-refractivity contribution in [3.05, 3.63) is 35.0 Å². The lowest BCUT2D eigenvalue weighted by Gasteiger charge is -2.20. The van der Waals surface area contributed by atoms with E-state index in [1.54, 1.807) is 24.1 Å². The van der Waals surface area contributed by atoms with E-state index in [9.17, 15) is 4.79 Å². The molecule has 8 heteroatoms. The van der Waals surface area contributed by atoms with E-state index in [1.807, 2.05) is 25.1 Å². The molecule has 0 unspecified atom stereocenters. The van der Waals surface area contributed by atoms with Crippen LogP contribution in [0.25, 0.3) is 0 Å². The molecule has 120 valence electrons. The van der Waals surface area contributed by atoms with Crippen LogP contribution < -0.4 is 15.0 Å². The molecule has 0 radical (unpaired) electrons. The molecule has 6 nitrogen and oxygen atoms in total. The summed E-state index contributed by atoms with van der Waals surface area (Å²) < 4.78 is 9.17. The number of hydrogen-bond donors (Lipinski definition) is 1. The minimum absolute atomic E-state index is 0.0851. The van der Waals surface area contributed by atoms with Crippen molar-refractivity contribution in [2.24, 2.45) is 0 Å². The van der Waals surface area contributed by atoms with E-state index in [0.717, 1.165) is 11.5 Å². The van der Waals surface area contributed by atoms with E-state index in [-0.39, 0.29) is 17.6 Å². The zero-order valence-corrected chi connectivity index (χ0v) is 14.2. The predicted molar refractivity (Wildman–Crippen MR) is 91.3 cm³/mol. The topological polar surface area (TPSA) is 78.2 Å². The first-order valence-electron chi connectivity index (χ1n) is 6.83. The quantitative estimate of drug-likeness (QED) is 0.865. The van der Waals surface area contributed by atoms with Crippen LogP contribution in [0.15, 0.2) is 24.3 Å². The number of nitrogens with one attached hydrogen (secondary N) is 1. The van der Waals surface area contributed by atoms with Crippen molar-refractivity contribution in [2.45, 2.75) is 6.92 Å². The Labute approximate surface area is 143 Å². The third-order valence-electron chi connectivity index (χ3n) is 3.13. The number of benzene rings is 1. The van der Waals surface area contributed by atoms with Gasteiger partial charge in [-0.15, -0.1) is 0 Å². The summed E-state index contributed by atoms with van der Waals surface area (Å²) in [6.45, 7) is 2.53. The maximum atomic E-state index is 12.3. The number of anilines is 2. The van der Waals surface area contributed by atoms with Crippen LogP contribution in [0.2, 0.25) is 5.15 Å². The maximum absolute atomic E-state index is 12.3. The monoisotopic (exact) mass is 350 g/mol. The smallest absolute Gasteiger partial charge is 0.244 e. The van der Waals surface area contributed by atoms with E-state index in [0.29, 0.717) is 28.5 Å². The highest BCUT2D eigenvalue weighted by molar-refractivity contribution is 7.10. The molecule has 0 spiro atoms. The Kier molecular flexibility index (Phi) is 5.79. The van der Waals surface area contributed by atoms with Crippen molar-refractivity contribution in [3.63, 3.8) is 0 Å². The van der Waals surface area contributed by atoms with Gasteiger partial charge in [-0.05, 0) is 30.6 Å². The molecule has 0 fully saturated rings. The van der Waals surface area contributed by atoms with E-state index >= 15 is 0 Å². The van der Waals surface area contributed by atoms with Crippen LogP contribution in [0, 0.1) is 11.3 Å². The average molecular weight is 351 g/mol. The Hall–Kier alpha value is -2.30. The Morgan fingerprint density at radius 2 is 2.26 bits per heavy atom. The van der Waals surface area contributed by atoms with Crippen molar-refractivity contribution in [2.75, 3.05) is 30.4 Å². The van der Waals surface area contributed by atoms with Crippen molar-refractivity contribution in [1.29, 1.82) is 5.26 Å². The van der Waals surface area contributed by atoms with Crippen molar-refractivity contribution < 1.29 is 9.53 Å².